The third-order valence-electron chi connectivity index (χ3n) is 1.21. The van der Waals surface area contributed by atoms with Gasteiger partial charge in [0, 0.05) is 6.54 Å². The molecule has 0 fully saturated rings. The van der Waals surface area contributed by atoms with Gasteiger partial charge in [-0.05, 0) is 12.0 Å². The van der Waals surface area contributed by atoms with Crippen LogP contribution in [0.25, 0.3) is 0 Å². The van der Waals surface area contributed by atoms with Crippen molar-refractivity contribution in [2.75, 3.05) is 26.3 Å². The van der Waals surface area contributed by atoms with Crippen molar-refractivity contribution in [1.82, 2.24) is 5.32 Å². The third kappa shape index (κ3) is 9.92. The van der Waals surface area contributed by atoms with Crippen LogP contribution in [0.15, 0.2) is 0 Å². The maximum absolute atomic E-state index is 5.44. The molecular formula is C9H21NO. The smallest absolute Gasteiger partial charge is 0.0591 e. The van der Waals surface area contributed by atoms with Gasteiger partial charge >= 0.3 is 0 Å². The van der Waals surface area contributed by atoms with Crippen molar-refractivity contribution >= 4 is 0 Å². The van der Waals surface area contributed by atoms with Crippen LogP contribution in [0.2, 0.25) is 0 Å². The molecule has 2 nitrogen and oxygen atoms in total. The van der Waals surface area contributed by atoms with Gasteiger partial charge in [-0.2, -0.15) is 0 Å². The Kier molecular flexibility index (Phi) is 5.51. The number of rotatable bonds is 5. The molecule has 0 saturated carbocycles. The van der Waals surface area contributed by atoms with Crippen molar-refractivity contribution in [2.45, 2.75) is 27.7 Å². The molecule has 0 aliphatic heterocycles. The first-order valence-corrected chi connectivity index (χ1v) is 4.35. The van der Waals surface area contributed by atoms with Crippen LogP contribution >= 0.6 is 0 Å². The summed E-state index contributed by atoms with van der Waals surface area (Å²) in [5.74, 6) is 0. The maximum atomic E-state index is 5.44. The number of likely N-dealkylation sites (N-methyl/N-ethyl adjacent to an activating group) is 1. The number of hydrogen-bond donors (Lipinski definition) is 1. The van der Waals surface area contributed by atoms with Crippen molar-refractivity contribution in [3.63, 3.8) is 0 Å². The Balaban J connectivity index is 3.02. The molecule has 0 aromatic heterocycles. The molecule has 0 heterocycles. The number of ether oxygens (including phenoxy) is 1. The fraction of sp³-hybridized carbons (Fsp3) is 1.00. The summed E-state index contributed by atoms with van der Waals surface area (Å²) in [4.78, 5) is 0. The molecule has 2 heteroatoms. The molecule has 0 spiro atoms. The van der Waals surface area contributed by atoms with E-state index in [1.165, 1.54) is 0 Å². The highest BCUT2D eigenvalue weighted by Crippen LogP contribution is 2.12. The van der Waals surface area contributed by atoms with Gasteiger partial charge in [0.15, 0.2) is 0 Å². The van der Waals surface area contributed by atoms with Crippen LogP contribution < -0.4 is 5.32 Å². The molecule has 0 rings (SSSR count). The van der Waals surface area contributed by atoms with Crippen molar-refractivity contribution in [3.05, 3.63) is 0 Å². The van der Waals surface area contributed by atoms with E-state index < -0.39 is 0 Å². The minimum Gasteiger partial charge on any atom is -0.380 e. The fourth-order valence-corrected chi connectivity index (χ4v) is 0.699. The Morgan fingerprint density at radius 1 is 1.27 bits per heavy atom. The van der Waals surface area contributed by atoms with Crippen LogP contribution in [-0.2, 0) is 4.74 Å². The third-order valence-corrected chi connectivity index (χ3v) is 1.21. The second kappa shape index (κ2) is 5.56. The van der Waals surface area contributed by atoms with Gasteiger partial charge in [0.2, 0.25) is 0 Å². The first-order chi connectivity index (χ1) is 5.06. The molecule has 0 aromatic rings. The summed E-state index contributed by atoms with van der Waals surface area (Å²) < 4.78 is 5.44. The summed E-state index contributed by atoms with van der Waals surface area (Å²) in [6.45, 7) is 12.3. The van der Waals surface area contributed by atoms with Gasteiger partial charge in [-0.1, -0.05) is 27.7 Å². The lowest BCUT2D eigenvalue weighted by Crippen LogP contribution is -2.22. The summed E-state index contributed by atoms with van der Waals surface area (Å²) in [6.07, 6.45) is 0. The van der Waals surface area contributed by atoms with Crippen molar-refractivity contribution in [2.24, 2.45) is 5.41 Å². The van der Waals surface area contributed by atoms with Crippen LogP contribution in [0.3, 0.4) is 0 Å². The first kappa shape index (κ1) is 10.9. The van der Waals surface area contributed by atoms with E-state index in [9.17, 15) is 0 Å². The second-order valence-electron chi connectivity index (χ2n) is 3.97. The van der Waals surface area contributed by atoms with Crippen LogP contribution in [0.5, 0.6) is 0 Å². The molecule has 0 radical (unpaired) electrons. The largest absolute Gasteiger partial charge is 0.380 e. The minimum atomic E-state index is 0.298. The lowest BCUT2D eigenvalue weighted by molar-refractivity contribution is 0.0732. The van der Waals surface area contributed by atoms with Gasteiger partial charge in [-0.15, -0.1) is 0 Å². The Bertz CT molecular complexity index is 86.1. The fourth-order valence-electron chi connectivity index (χ4n) is 0.699. The van der Waals surface area contributed by atoms with Gasteiger partial charge in [-0.25, -0.2) is 0 Å². The number of nitrogens with one attached hydrogen (secondary N) is 1. The summed E-state index contributed by atoms with van der Waals surface area (Å²) in [6, 6.07) is 0. The predicted octanol–water partition coefficient (Wildman–Crippen LogP) is 1.66. The molecule has 68 valence electrons. The van der Waals surface area contributed by atoms with Gasteiger partial charge in [0.1, 0.15) is 0 Å². The maximum Gasteiger partial charge on any atom is 0.0591 e. The van der Waals surface area contributed by atoms with E-state index in [1.807, 2.05) is 0 Å². The normalized spacial score (nSPS) is 12.0. The zero-order valence-corrected chi connectivity index (χ0v) is 8.24. The van der Waals surface area contributed by atoms with E-state index in [0.717, 1.165) is 26.3 Å². The van der Waals surface area contributed by atoms with E-state index in [4.69, 9.17) is 4.74 Å². The molecule has 0 aromatic carbocycles. The lowest BCUT2D eigenvalue weighted by atomic mass is 9.99. The lowest BCUT2D eigenvalue weighted by Gasteiger charge is -2.17. The highest BCUT2D eigenvalue weighted by molar-refractivity contribution is 4.58. The predicted molar refractivity (Wildman–Crippen MR) is 48.8 cm³/mol. The van der Waals surface area contributed by atoms with Gasteiger partial charge in [0.25, 0.3) is 0 Å². The average molecular weight is 159 g/mol. The summed E-state index contributed by atoms with van der Waals surface area (Å²) >= 11 is 0. The zero-order chi connectivity index (χ0) is 8.74. The standard InChI is InChI=1S/C9H21NO/c1-5-10-6-7-11-8-9(2,3)4/h10H,5-8H2,1-4H3. The topological polar surface area (TPSA) is 21.3 Å². The molecule has 0 unspecified atom stereocenters. The van der Waals surface area contributed by atoms with Crippen molar-refractivity contribution in [1.29, 1.82) is 0 Å². The first-order valence-electron chi connectivity index (χ1n) is 4.35. The molecule has 1 N–H and O–H groups in total. The molecule has 0 aliphatic carbocycles. The molecule has 0 aliphatic rings. The molecular weight excluding hydrogens is 138 g/mol. The second-order valence-corrected chi connectivity index (χ2v) is 3.97. The van der Waals surface area contributed by atoms with E-state index >= 15 is 0 Å². The number of hydrogen-bond acceptors (Lipinski definition) is 2. The molecule has 0 amide bonds. The Morgan fingerprint density at radius 3 is 2.36 bits per heavy atom. The van der Waals surface area contributed by atoms with Crippen molar-refractivity contribution < 1.29 is 4.74 Å². The van der Waals surface area contributed by atoms with Gasteiger partial charge in [0.05, 0.1) is 13.2 Å². The van der Waals surface area contributed by atoms with E-state index in [0.29, 0.717) is 5.41 Å². The summed E-state index contributed by atoms with van der Waals surface area (Å²) in [5.41, 5.74) is 0.298. The van der Waals surface area contributed by atoms with E-state index in [1.54, 1.807) is 0 Å². The van der Waals surface area contributed by atoms with Crippen LogP contribution in [0.4, 0.5) is 0 Å². The monoisotopic (exact) mass is 159 g/mol. The van der Waals surface area contributed by atoms with Gasteiger partial charge in [-0.3, -0.25) is 0 Å². The van der Waals surface area contributed by atoms with Gasteiger partial charge < -0.3 is 10.1 Å². The Morgan fingerprint density at radius 2 is 1.91 bits per heavy atom. The van der Waals surface area contributed by atoms with Crippen molar-refractivity contribution in [3.8, 4) is 0 Å². The Hall–Kier alpha value is -0.0800. The van der Waals surface area contributed by atoms with E-state index in [2.05, 4.69) is 33.0 Å². The highest BCUT2D eigenvalue weighted by atomic mass is 16.5. The molecule has 11 heavy (non-hydrogen) atoms. The van der Waals surface area contributed by atoms with Crippen LogP contribution in [0, 0.1) is 5.41 Å². The Labute approximate surface area is 70.3 Å². The van der Waals surface area contributed by atoms with Crippen LogP contribution in [-0.4, -0.2) is 26.3 Å². The quantitative estimate of drug-likeness (QED) is 0.616. The average Bonchev–Trinajstić information content (AvgIpc) is 1.85. The highest BCUT2D eigenvalue weighted by Gasteiger charge is 2.08. The molecule has 0 atom stereocenters. The van der Waals surface area contributed by atoms with E-state index in [-0.39, 0.29) is 0 Å². The summed E-state index contributed by atoms with van der Waals surface area (Å²) in [5, 5.41) is 3.21. The molecule has 0 saturated heterocycles. The zero-order valence-electron chi connectivity index (χ0n) is 8.24. The minimum absolute atomic E-state index is 0.298. The molecule has 0 bridgehead atoms. The summed E-state index contributed by atoms with van der Waals surface area (Å²) in [7, 11) is 0. The SMILES string of the molecule is CCNCCOCC(C)(C)C. The van der Waals surface area contributed by atoms with Crippen LogP contribution in [0.1, 0.15) is 27.7 Å².